The van der Waals surface area contributed by atoms with E-state index in [1.807, 2.05) is 0 Å². The summed E-state index contributed by atoms with van der Waals surface area (Å²) in [7, 11) is 0. The third kappa shape index (κ3) is 7.05. The van der Waals surface area contributed by atoms with Gasteiger partial charge in [0.25, 0.3) is 0 Å². The summed E-state index contributed by atoms with van der Waals surface area (Å²) in [6.07, 6.45) is 0. The fraction of sp³-hybridized carbons (Fsp3) is 0.500. The van der Waals surface area contributed by atoms with Gasteiger partial charge in [-0.05, 0) is 13.8 Å². The fourth-order valence-corrected chi connectivity index (χ4v) is 0.132. The van der Waals surface area contributed by atoms with Crippen molar-refractivity contribution >= 4 is 11.4 Å². The predicted molar refractivity (Wildman–Crippen MR) is 33.0 cm³/mol. The van der Waals surface area contributed by atoms with E-state index in [-0.39, 0.29) is 70.5 Å². The maximum Gasteiger partial charge on any atom is 1.00 e. The second-order valence-corrected chi connectivity index (χ2v) is 1.35. The number of nitrogens with zero attached hydrogens (tertiary/aromatic N) is 2. The largest absolute Gasteiger partial charge is 1.00 e. The molecule has 0 aliphatic carbocycles. The smallest absolute Gasteiger partial charge is 0.792 e. The van der Waals surface area contributed by atoms with E-state index in [2.05, 4.69) is 10.3 Å². The topological polar surface area (TPSA) is 70.8 Å². The van der Waals surface area contributed by atoms with E-state index in [9.17, 15) is 10.4 Å². The van der Waals surface area contributed by atoms with Crippen molar-refractivity contribution in [1.82, 2.24) is 0 Å². The molecule has 0 saturated heterocycles. The first-order chi connectivity index (χ1) is 3.72. The Morgan fingerprint density at radius 3 is 1.20 bits per heavy atom. The molecule has 0 rings (SSSR count). The molecule has 10 heavy (non-hydrogen) atoms. The predicted octanol–water partition coefficient (Wildman–Crippen LogP) is -5.09. The Hall–Kier alpha value is 0.940. The van der Waals surface area contributed by atoms with Gasteiger partial charge in [-0.3, -0.25) is 0 Å². The third-order valence-corrected chi connectivity index (χ3v) is 0.797. The molecule has 0 spiro atoms. The van der Waals surface area contributed by atoms with Gasteiger partial charge < -0.3 is 20.7 Å². The van der Waals surface area contributed by atoms with Crippen LogP contribution in [0.15, 0.2) is 10.3 Å². The van der Waals surface area contributed by atoms with Crippen LogP contribution in [0.1, 0.15) is 13.8 Å². The van der Waals surface area contributed by atoms with E-state index in [1.165, 1.54) is 13.8 Å². The van der Waals surface area contributed by atoms with Gasteiger partial charge in [-0.25, -0.2) is 0 Å². The molecule has 0 saturated carbocycles. The molecular formula is C4H6N2Na2O2. The molecule has 0 amide bonds. The summed E-state index contributed by atoms with van der Waals surface area (Å²) in [6.45, 7) is 2.87. The van der Waals surface area contributed by atoms with Crippen LogP contribution in [0.2, 0.25) is 0 Å². The Morgan fingerprint density at radius 1 is 0.900 bits per heavy atom. The molecule has 0 bridgehead atoms. The van der Waals surface area contributed by atoms with Crippen LogP contribution in [0.5, 0.6) is 0 Å². The molecule has 0 unspecified atom stereocenters. The average Bonchev–Trinajstić information content (AvgIpc) is 1.84. The van der Waals surface area contributed by atoms with Crippen LogP contribution in [0.25, 0.3) is 0 Å². The first-order valence-electron chi connectivity index (χ1n) is 2.06. The quantitative estimate of drug-likeness (QED) is 0.219. The van der Waals surface area contributed by atoms with Crippen LogP contribution in [0, 0.1) is 10.4 Å². The SMILES string of the molecule is CC(=N/[O-])/C(C)=N/[O-].[Na+].[Na+]. The second-order valence-electron chi connectivity index (χ2n) is 1.35. The summed E-state index contributed by atoms with van der Waals surface area (Å²) in [5, 5.41) is 24.2. The molecule has 0 radical (unpaired) electrons. The van der Waals surface area contributed by atoms with Crippen molar-refractivity contribution in [3.8, 4) is 0 Å². The molecule has 0 aliphatic heterocycles. The Kier molecular flexibility index (Phi) is 17.0. The van der Waals surface area contributed by atoms with Crippen LogP contribution in [-0.4, -0.2) is 11.4 Å². The maximum absolute atomic E-state index is 9.60. The van der Waals surface area contributed by atoms with Crippen LogP contribution in [0.3, 0.4) is 0 Å². The van der Waals surface area contributed by atoms with Crippen molar-refractivity contribution in [2.75, 3.05) is 0 Å². The van der Waals surface area contributed by atoms with Gasteiger partial charge in [0.05, 0.1) is 0 Å². The van der Waals surface area contributed by atoms with Crippen molar-refractivity contribution < 1.29 is 59.1 Å². The molecule has 0 heterocycles. The number of rotatable bonds is 1. The van der Waals surface area contributed by atoms with Gasteiger partial charge in [0, 0.05) is 11.4 Å². The van der Waals surface area contributed by atoms with E-state index in [0.717, 1.165) is 0 Å². The van der Waals surface area contributed by atoms with Crippen LogP contribution in [0.4, 0.5) is 0 Å². The van der Waals surface area contributed by atoms with E-state index >= 15 is 0 Å². The van der Waals surface area contributed by atoms with Gasteiger partial charge in [-0.1, -0.05) is 0 Å². The van der Waals surface area contributed by atoms with E-state index in [0.29, 0.717) is 0 Å². The average molecular weight is 160 g/mol. The molecule has 6 heteroatoms. The van der Waals surface area contributed by atoms with Gasteiger partial charge in [0.1, 0.15) is 0 Å². The molecule has 46 valence electrons. The Balaban J connectivity index is -0.000000245. The van der Waals surface area contributed by atoms with Gasteiger partial charge in [0.15, 0.2) is 0 Å². The van der Waals surface area contributed by atoms with Crippen LogP contribution < -0.4 is 59.1 Å². The van der Waals surface area contributed by atoms with Crippen molar-refractivity contribution in [1.29, 1.82) is 0 Å². The van der Waals surface area contributed by atoms with Gasteiger partial charge in [-0.15, -0.1) is 0 Å². The summed E-state index contributed by atoms with van der Waals surface area (Å²) in [6, 6.07) is 0. The molecular weight excluding hydrogens is 154 g/mol. The molecule has 4 nitrogen and oxygen atoms in total. The fourth-order valence-electron chi connectivity index (χ4n) is 0.132. The molecule has 0 aromatic rings. The number of hydrogen-bond acceptors (Lipinski definition) is 4. The van der Waals surface area contributed by atoms with Crippen molar-refractivity contribution in [2.24, 2.45) is 10.3 Å². The van der Waals surface area contributed by atoms with Crippen molar-refractivity contribution in [3.63, 3.8) is 0 Å². The van der Waals surface area contributed by atoms with E-state index in [4.69, 9.17) is 0 Å². The minimum atomic E-state index is 0. The van der Waals surface area contributed by atoms with Crippen LogP contribution in [-0.2, 0) is 0 Å². The van der Waals surface area contributed by atoms with Crippen LogP contribution >= 0.6 is 0 Å². The van der Waals surface area contributed by atoms with E-state index < -0.39 is 0 Å². The van der Waals surface area contributed by atoms with Gasteiger partial charge in [-0.2, -0.15) is 0 Å². The molecule has 0 aromatic heterocycles. The first-order valence-corrected chi connectivity index (χ1v) is 2.06. The minimum absolute atomic E-state index is 0. The summed E-state index contributed by atoms with van der Waals surface area (Å²) < 4.78 is 0. The zero-order valence-corrected chi connectivity index (χ0v) is 10.7. The normalized spacial score (nSPS) is 11.4. The Labute approximate surface area is 104 Å². The van der Waals surface area contributed by atoms with Crippen molar-refractivity contribution in [2.45, 2.75) is 13.8 Å². The Bertz CT molecular complexity index is 119. The van der Waals surface area contributed by atoms with Gasteiger partial charge >= 0.3 is 59.1 Å². The summed E-state index contributed by atoms with van der Waals surface area (Å²) in [5.74, 6) is 0. The summed E-state index contributed by atoms with van der Waals surface area (Å²) in [4.78, 5) is 0. The minimum Gasteiger partial charge on any atom is -0.792 e. The molecule has 0 N–H and O–H groups in total. The van der Waals surface area contributed by atoms with E-state index in [1.54, 1.807) is 0 Å². The molecule has 0 aliphatic rings. The monoisotopic (exact) mass is 160 g/mol. The summed E-state index contributed by atoms with van der Waals surface area (Å²) in [5.41, 5.74) is 0.278. The maximum atomic E-state index is 9.60. The number of hydrogen-bond donors (Lipinski definition) is 0. The molecule has 0 aromatic carbocycles. The van der Waals surface area contributed by atoms with Gasteiger partial charge in [0.2, 0.25) is 0 Å². The zero-order chi connectivity index (χ0) is 6.57. The molecule has 0 fully saturated rings. The first kappa shape index (κ1) is 17.1. The Morgan fingerprint density at radius 2 is 1.10 bits per heavy atom. The molecule has 0 atom stereocenters. The second kappa shape index (κ2) is 9.94. The van der Waals surface area contributed by atoms with Crippen molar-refractivity contribution in [3.05, 3.63) is 10.4 Å². The summed E-state index contributed by atoms with van der Waals surface area (Å²) >= 11 is 0. The zero-order valence-electron chi connectivity index (χ0n) is 6.71. The third-order valence-electron chi connectivity index (χ3n) is 0.797. The standard InChI is InChI=1S/C4H8N2O2.2Na/c1-3(5-7)4(2)6-8;;/h7-8H,1-2H3;;/q;2*+1/p-2/b5-3-,6-4+;;.